The van der Waals surface area contributed by atoms with Gasteiger partial charge in [0.25, 0.3) is 11.8 Å². The molecule has 89 heavy (non-hydrogen) atoms. The Kier molecular flexibility index (Phi) is 33.7. The van der Waals surface area contributed by atoms with Crippen LogP contribution in [0.5, 0.6) is 57.5 Å². The standard InChI is InChI=1S/C16H15ClFNO3.C16H17ClFNO2.C8H6ClF2NO.C8H10O2.C7H3ClF2O2.C7H8O2.B.ClH.H2/c1-9-13(21-3)5-4-6-14(9)22-15-8-11(17)12(18)7-10(15)16(20)19-2;1-10-14(20-3)5-4-6-15(10)21-16-8-12(17)13(18)7-11(16)9-19-2;1-12-8(13)4-2-7(11)5(9)3-6(4)10;1-6-7(9)4-3-5-8(6)10-2;8-4-2-5(9)3(7(11)12)1-6(4)10;1-5-6(8)3-2-4-7(5)9;;;/h4-8H,1-3H3,(H,19,20);4-8,19H,9H2,1-3H3;2-3H,1H3,(H,12,13);3-5,9H,1-2H3;1-2H,(H,11,12);2-4,8-9H,1H3;;2*1H/i;;;;;;;;1+1. The summed E-state index contributed by atoms with van der Waals surface area (Å²) in [6.45, 7) is 7.67. The van der Waals surface area contributed by atoms with E-state index in [2.05, 4.69) is 16.0 Å². The number of phenols is 3. The van der Waals surface area contributed by atoms with Gasteiger partial charge in [-0.25, -0.2) is 31.1 Å². The average molecular weight is 1340 g/mol. The zero-order valence-corrected chi connectivity index (χ0v) is 52.9. The van der Waals surface area contributed by atoms with Gasteiger partial charge in [0.1, 0.15) is 92.4 Å². The predicted octanol–water partition coefficient (Wildman–Crippen LogP) is 16.0. The SMILES string of the molecule is CNC(=O)c1cc(F)c(Cl)cc1F.CNC(=O)c1cc(F)c(Cl)cc1Oc1cccc(OC)c1C.CNCc1cc(F)c(Cl)cc1Oc1cccc(OC)c1C.COc1cccc(O)c1C.Cc1c(O)cccc1O.Cl.O=C(O)c1cc(F)c(Cl)cc1F.[2HH].[B]. The summed E-state index contributed by atoms with van der Waals surface area (Å²) in [5.41, 5.74) is 2.61. The van der Waals surface area contributed by atoms with Crippen LogP contribution in [-0.4, -0.2) is 89.1 Å². The highest BCUT2D eigenvalue weighted by Crippen LogP contribution is 2.37. The van der Waals surface area contributed by atoms with E-state index in [1.54, 1.807) is 71.7 Å². The molecule has 0 fully saturated rings. The maximum atomic E-state index is 13.6. The van der Waals surface area contributed by atoms with Gasteiger partial charge in [-0.15, -0.1) is 12.4 Å². The number of rotatable bonds is 12. The summed E-state index contributed by atoms with van der Waals surface area (Å²) in [4.78, 5) is 33.0. The molecule has 0 aliphatic rings. The summed E-state index contributed by atoms with van der Waals surface area (Å²) in [5, 5.41) is 42.1. The molecule has 0 aromatic heterocycles. The molecule has 0 aliphatic heterocycles. The van der Waals surface area contributed by atoms with Crippen LogP contribution in [0, 0.1) is 62.6 Å². The van der Waals surface area contributed by atoms with Gasteiger partial charge in [-0.05, 0) is 120 Å². The van der Waals surface area contributed by atoms with E-state index >= 15 is 0 Å². The van der Waals surface area contributed by atoms with E-state index in [-0.39, 0.29) is 71.4 Å². The highest BCUT2D eigenvalue weighted by atomic mass is 35.5. The first-order chi connectivity index (χ1) is 41.1. The van der Waals surface area contributed by atoms with Crippen LogP contribution in [0.2, 0.25) is 20.1 Å². The van der Waals surface area contributed by atoms with Crippen molar-refractivity contribution in [2.75, 3.05) is 42.5 Å². The molecular formula is C62H62BCl5F6N3O12. The maximum absolute atomic E-state index is 13.6. The number of halogens is 11. The molecule has 0 bridgehead atoms. The number of carbonyl (C=O) groups is 3. The minimum absolute atomic E-state index is 0. The van der Waals surface area contributed by atoms with E-state index < -0.39 is 63.3 Å². The average Bonchev–Trinajstić information content (AvgIpc) is 0.964. The lowest BCUT2D eigenvalue weighted by atomic mass is 10.1. The molecule has 0 spiro atoms. The zero-order chi connectivity index (χ0) is 65.4. The summed E-state index contributed by atoms with van der Waals surface area (Å²) >= 11 is 22.1. The molecule has 0 aliphatic carbocycles. The summed E-state index contributed by atoms with van der Waals surface area (Å²) in [6, 6.07) is 28.6. The lowest BCUT2D eigenvalue weighted by Gasteiger charge is -2.15. The predicted molar refractivity (Wildman–Crippen MR) is 337 cm³/mol. The molecule has 2 amide bonds. The number of nitrogens with one attached hydrogen (secondary N) is 3. The van der Waals surface area contributed by atoms with Crippen molar-refractivity contribution in [3.05, 3.63) is 221 Å². The molecule has 0 saturated heterocycles. The molecule has 0 saturated carbocycles. The van der Waals surface area contributed by atoms with Crippen LogP contribution in [0.3, 0.4) is 0 Å². The van der Waals surface area contributed by atoms with Crippen molar-refractivity contribution < 1.29 is 86.3 Å². The molecule has 3 radical (unpaired) electrons. The second-order valence-corrected chi connectivity index (χ2v) is 19.1. The third-order valence-electron chi connectivity index (χ3n) is 11.8. The molecule has 8 aromatic carbocycles. The summed E-state index contributed by atoms with van der Waals surface area (Å²) < 4.78 is 105. The van der Waals surface area contributed by atoms with Crippen molar-refractivity contribution in [1.29, 1.82) is 0 Å². The van der Waals surface area contributed by atoms with Crippen LogP contribution in [0.4, 0.5) is 26.3 Å². The smallest absolute Gasteiger partial charge is 0.338 e. The minimum Gasteiger partial charge on any atom is -0.508 e. The Morgan fingerprint density at radius 3 is 1.17 bits per heavy atom. The topological polar surface area (TPSA) is 214 Å². The van der Waals surface area contributed by atoms with Crippen molar-refractivity contribution in [3.63, 3.8) is 0 Å². The third-order valence-corrected chi connectivity index (χ3v) is 12.9. The van der Waals surface area contributed by atoms with Crippen LogP contribution in [0.1, 0.15) is 60.3 Å². The van der Waals surface area contributed by atoms with Crippen LogP contribution in [0.15, 0.2) is 121 Å². The van der Waals surface area contributed by atoms with Gasteiger partial charge in [-0.3, -0.25) is 9.59 Å². The van der Waals surface area contributed by atoms with Crippen LogP contribution < -0.4 is 39.6 Å². The van der Waals surface area contributed by atoms with Crippen LogP contribution in [-0.2, 0) is 6.54 Å². The Hall–Kier alpha value is -8.38. The Morgan fingerprint density at radius 1 is 0.438 bits per heavy atom. The Labute approximate surface area is 539 Å². The first-order valence-electron chi connectivity index (χ1n) is 25.1. The molecule has 7 N–H and O–H groups in total. The fraction of sp³-hybridized carbons (Fsp3) is 0.177. The number of ether oxygens (including phenoxy) is 5. The monoisotopic (exact) mass is 1340 g/mol. The highest BCUT2D eigenvalue weighted by Gasteiger charge is 2.19. The lowest BCUT2D eigenvalue weighted by molar-refractivity contribution is 0.0690. The normalized spacial score (nSPS) is 9.80. The zero-order valence-electron chi connectivity index (χ0n) is 49.1. The largest absolute Gasteiger partial charge is 0.508 e. The van der Waals surface area contributed by atoms with Crippen molar-refractivity contribution >= 4 is 85.0 Å². The molecule has 0 atom stereocenters. The van der Waals surface area contributed by atoms with E-state index in [0.717, 1.165) is 46.4 Å². The number of carboxylic acid groups (broad SMARTS) is 1. The quantitative estimate of drug-likeness (QED) is 0.0345. The summed E-state index contributed by atoms with van der Waals surface area (Å²) in [7, 11) is 9.31. The van der Waals surface area contributed by atoms with E-state index in [9.17, 15) is 40.7 Å². The van der Waals surface area contributed by atoms with Crippen molar-refractivity contribution in [1.82, 2.24) is 16.0 Å². The van der Waals surface area contributed by atoms with E-state index in [0.29, 0.717) is 52.8 Å². The number of amides is 2. The number of phenolic OH excluding ortho intramolecular Hbond substituents is 3. The number of aromatic carboxylic acids is 1. The van der Waals surface area contributed by atoms with E-state index in [1.807, 2.05) is 45.0 Å². The van der Waals surface area contributed by atoms with Gasteiger partial charge < -0.3 is 60.1 Å². The Balaban J connectivity index is 0.00000108. The fourth-order valence-electron chi connectivity index (χ4n) is 6.96. The van der Waals surface area contributed by atoms with Crippen LogP contribution >= 0.6 is 58.8 Å². The first-order valence-corrected chi connectivity index (χ1v) is 26.6. The molecular weight excluding hydrogens is 1280 g/mol. The molecule has 0 unspecified atom stereocenters. The lowest BCUT2D eigenvalue weighted by Crippen LogP contribution is -2.19. The van der Waals surface area contributed by atoms with Gasteiger partial charge in [0, 0.05) is 70.4 Å². The second-order valence-electron chi connectivity index (χ2n) is 17.5. The Bertz CT molecular complexity index is 3700. The summed E-state index contributed by atoms with van der Waals surface area (Å²) in [5.74, 6) is -3.01. The van der Waals surface area contributed by atoms with E-state index in [4.69, 9.17) is 90.5 Å². The number of hydrogen-bond donors (Lipinski definition) is 7. The molecule has 27 heteroatoms. The number of benzene rings is 8. The number of carboxylic acids is 1. The number of methoxy groups -OCH3 is 3. The molecule has 8 aromatic rings. The molecule has 8 rings (SSSR count). The van der Waals surface area contributed by atoms with Gasteiger partial charge in [0.15, 0.2) is 0 Å². The molecule has 477 valence electrons. The fourth-order valence-corrected chi connectivity index (χ4v) is 7.57. The second kappa shape index (κ2) is 38.1. The van der Waals surface area contributed by atoms with E-state index in [1.165, 1.54) is 44.4 Å². The first kappa shape index (κ1) is 78.6. The van der Waals surface area contributed by atoms with Crippen molar-refractivity contribution in [2.45, 2.75) is 34.2 Å². The molecule has 0 heterocycles. The van der Waals surface area contributed by atoms with Crippen molar-refractivity contribution in [3.8, 4) is 57.5 Å². The van der Waals surface area contributed by atoms with Gasteiger partial charge in [-0.1, -0.05) is 70.7 Å². The Morgan fingerprint density at radius 2 is 0.764 bits per heavy atom. The minimum atomic E-state index is -1.52. The number of aromatic hydroxyl groups is 3. The van der Waals surface area contributed by atoms with Gasteiger partial charge in [0.05, 0.1) is 58.1 Å². The summed E-state index contributed by atoms with van der Waals surface area (Å²) in [6.07, 6.45) is 0. The molecule has 15 nitrogen and oxygen atoms in total. The van der Waals surface area contributed by atoms with Crippen LogP contribution in [0.25, 0.3) is 0 Å². The maximum Gasteiger partial charge on any atom is 0.338 e. The van der Waals surface area contributed by atoms with Gasteiger partial charge >= 0.3 is 5.97 Å². The van der Waals surface area contributed by atoms with Gasteiger partial charge in [-0.2, -0.15) is 0 Å². The van der Waals surface area contributed by atoms with Gasteiger partial charge in [0.2, 0.25) is 0 Å². The third kappa shape index (κ3) is 22.9. The highest BCUT2D eigenvalue weighted by molar-refractivity contribution is 6.32. The number of hydrogen-bond acceptors (Lipinski definition) is 12. The van der Waals surface area contributed by atoms with Crippen molar-refractivity contribution in [2.24, 2.45) is 0 Å². The number of carbonyl (C=O) groups excluding carboxylic acids is 2.